The first-order chi connectivity index (χ1) is 17.8. The van der Waals surface area contributed by atoms with Crippen molar-refractivity contribution in [3.8, 4) is 9.85 Å². The number of hydrogen-bond donors (Lipinski definition) is 1. The lowest BCUT2D eigenvalue weighted by Gasteiger charge is -2.40. The number of piperidine rings is 1. The van der Waals surface area contributed by atoms with Gasteiger partial charge in [-0.15, -0.1) is 0 Å². The van der Waals surface area contributed by atoms with Gasteiger partial charge in [0.1, 0.15) is 6.54 Å². The van der Waals surface area contributed by atoms with Crippen LogP contribution in [0, 0.1) is 16.8 Å². The first-order valence-electron chi connectivity index (χ1n) is 14.8. The minimum absolute atomic E-state index is 0.0666. The molecule has 0 atom stereocenters. The van der Waals surface area contributed by atoms with E-state index in [1.807, 2.05) is 6.92 Å². The highest BCUT2D eigenvalue weighted by molar-refractivity contribution is 14.1. The third-order valence-electron chi connectivity index (χ3n) is 7.55. The predicted molar refractivity (Wildman–Crippen MR) is 167 cm³/mol. The van der Waals surface area contributed by atoms with Crippen LogP contribution in [0.25, 0.3) is 0 Å². The Labute approximate surface area is 242 Å². The van der Waals surface area contributed by atoms with Crippen molar-refractivity contribution >= 4 is 32.7 Å². The molecular formula is C31H53INO3S+. The van der Waals surface area contributed by atoms with Crippen LogP contribution in [0.2, 0.25) is 0 Å². The molecule has 6 heteroatoms. The second-order valence-electron chi connectivity index (χ2n) is 10.9. The average molecular weight is 647 g/mol. The van der Waals surface area contributed by atoms with Gasteiger partial charge in [-0.2, -0.15) is 8.42 Å². The zero-order valence-electron chi connectivity index (χ0n) is 23.7. The highest BCUT2D eigenvalue weighted by Gasteiger charge is 2.28. The number of unbranched alkanes of at least 4 members (excludes halogenated alkanes) is 13. The lowest BCUT2D eigenvalue weighted by molar-refractivity contribution is -0.926. The number of rotatable bonds is 17. The van der Waals surface area contributed by atoms with Gasteiger partial charge in [0.15, 0.2) is 0 Å². The van der Waals surface area contributed by atoms with Gasteiger partial charge in [0, 0.05) is 22.6 Å². The quantitative estimate of drug-likeness (QED) is 0.0604. The normalized spacial score (nSPS) is 14.8. The summed E-state index contributed by atoms with van der Waals surface area (Å²) in [5, 5.41) is 0. The second-order valence-corrected chi connectivity index (χ2v) is 12.8. The number of halogens is 1. The molecule has 4 nitrogen and oxygen atoms in total. The molecule has 1 saturated heterocycles. The average Bonchev–Trinajstić information content (AvgIpc) is 2.88. The Morgan fingerprint density at radius 1 is 0.784 bits per heavy atom. The standard InChI is InChI=1S/C24H45IN.C7H8O3S/c1-2-3-4-5-6-7-8-9-10-11-12-13-14-16-21-26(24-19-20-25)22-17-15-18-23-26;1-6-2-4-7(5-3-6)11(8,9)10/h2-18,21-24H2,1H3;2-5H,1H3,(H,8,9,10)/q+1;. The molecule has 0 aliphatic carbocycles. The Bertz CT molecular complexity index is 853. The van der Waals surface area contributed by atoms with E-state index in [0.29, 0.717) is 0 Å². The molecule has 212 valence electrons. The zero-order valence-corrected chi connectivity index (χ0v) is 26.6. The van der Waals surface area contributed by atoms with Crippen molar-refractivity contribution in [3.63, 3.8) is 0 Å². The number of hydrogen-bond acceptors (Lipinski definition) is 2. The summed E-state index contributed by atoms with van der Waals surface area (Å²) in [6.45, 7) is 9.38. The Morgan fingerprint density at radius 3 is 1.68 bits per heavy atom. The van der Waals surface area contributed by atoms with Gasteiger partial charge in [0.2, 0.25) is 0 Å². The van der Waals surface area contributed by atoms with Crippen LogP contribution in [0.3, 0.4) is 0 Å². The third kappa shape index (κ3) is 17.6. The summed E-state index contributed by atoms with van der Waals surface area (Å²) < 4.78 is 33.9. The third-order valence-corrected chi connectivity index (χ3v) is 8.80. The predicted octanol–water partition coefficient (Wildman–Crippen LogP) is 9.11. The van der Waals surface area contributed by atoms with Gasteiger partial charge < -0.3 is 4.48 Å². The highest BCUT2D eigenvalue weighted by Crippen LogP contribution is 2.21. The number of nitrogens with zero attached hydrogens (tertiary/aromatic N) is 1. The lowest BCUT2D eigenvalue weighted by Crippen LogP contribution is -2.52. The van der Waals surface area contributed by atoms with Crippen molar-refractivity contribution in [2.75, 3.05) is 26.2 Å². The van der Waals surface area contributed by atoms with Crippen LogP contribution in [0.15, 0.2) is 29.2 Å². The number of quaternary nitrogens is 1. The molecule has 1 aromatic carbocycles. The van der Waals surface area contributed by atoms with Crippen LogP contribution >= 0.6 is 22.6 Å². The molecule has 2 rings (SSSR count). The van der Waals surface area contributed by atoms with Gasteiger partial charge >= 0.3 is 0 Å². The molecule has 0 saturated carbocycles. The topological polar surface area (TPSA) is 54.4 Å². The molecule has 0 unspecified atom stereocenters. The molecular weight excluding hydrogens is 593 g/mol. The molecule has 1 N–H and O–H groups in total. The SMILES string of the molecule is CCCCCCCCCCCCCCCC[N+]1(CC#CI)CCCCC1.Cc1ccc(S(=O)(=O)O)cc1. The van der Waals surface area contributed by atoms with Crippen molar-refractivity contribution in [2.45, 2.75) is 128 Å². The van der Waals surface area contributed by atoms with E-state index in [-0.39, 0.29) is 4.90 Å². The van der Waals surface area contributed by atoms with E-state index in [4.69, 9.17) is 4.55 Å². The second kappa shape index (κ2) is 21.2. The summed E-state index contributed by atoms with van der Waals surface area (Å²) in [5.41, 5.74) is 0.956. The molecule has 0 bridgehead atoms. The van der Waals surface area contributed by atoms with Crippen molar-refractivity contribution in [2.24, 2.45) is 0 Å². The zero-order chi connectivity index (χ0) is 27.2. The fourth-order valence-corrected chi connectivity index (χ4v) is 5.84. The number of aryl methyl sites for hydroxylation is 1. The van der Waals surface area contributed by atoms with Crippen molar-refractivity contribution in [3.05, 3.63) is 29.8 Å². The number of likely N-dealkylation sites (tertiary alicyclic amines) is 1. The van der Waals surface area contributed by atoms with Crippen LogP contribution in [-0.2, 0) is 10.1 Å². The molecule has 0 aromatic heterocycles. The van der Waals surface area contributed by atoms with Crippen LogP contribution < -0.4 is 0 Å². The highest BCUT2D eigenvalue weighted by atomic mass is 127. The number of benzene rings is 1. The Morgan fingerprint density at radius 2 is 1.24 bits per heavy atom. The van der Waals surface area contributed by atoms with Crippen LogP contribution in [-0.4, -0.2) is 43.6 Å². The minimum Gasteiger partial charge on any atom is -0.313 e. The summed E-state index contributed by atoms with van der Waals surface area (Å²) in [7, 11) is -4.02. The van der Waals surface area contributed by atoms with Gasteiger partial charge in [-0.3, -0.25) is 4.55 Å². The first-order valence-corrected chi connectivity index (χ1v) is 17.3. The Kier molecular flexibility index (Phi) is 19.7. The maximum atomic E-state index is 10.5. The van der Waals surface area contributed by atoms with Gasteiger partial charge in [-0.25, -0.2) is 0 Å². The molecule has 37 heavy (non-hydrogen) atoms. The van der Waals surface area contributed by atoms with Crippen LogP contribution in [0.1, 0.15) is 122 Å². The Hall–Kier alpha value is -0.620. The summed E-state index contributed by atoms with van der Waals surface area (Å²) >= 11 is 2.20. The molecule has 1 aromatic rings. The van der Waals surface area contributed by atoms with Crippen molar-refractivity contribution < 1.29 is 17.5 Å². The van der Waals surface area contributed by atoms with E-state index in [9.17, 15) is 8.42 Å². The lowest BCUT2D eigenvalue weighted by atomic mass is 10.0. The van der Waals surface area contributed by atoms with E-state index in [1.54, 1.807) is 12.1 Å². The fourth-order valence-electron chi connectivity index (χ4n) is 5.19. The minimum atomic E-state index is -4.02. The van der Waals surface area contributed by atoms with E-state index in [0.717, 1.165) is 12.1 Å². The molecule has 0 spiro atoms. The van der Waals surface area contributed by atoms with Gasteiger partial charge in [-0.05, 0) is 61.0 Å². The van der Waals surface area contributed by atoms with Crippen LogP contribution in [0.5, 0.6) is 0 Å². The summed E-state index contributed by atoms with van der Waals surface area (Å²) in [6.07, 6.45) is 24.6. The van der Waals surface area contributed by atoms with Crippen molar-refractivity contribution in [1.82, 2.24) is 0 Å². The Balaban J connectivity index is 0.000000516. The van der Waals surface area contributed by atoms with E-state index >= 15 is 0 Å². The molecule has 1 fully saturated rings. The summed E-state index contributed by atoms with van der Waals surface area (Å²) in [5.74, 6) is 3.37. The van der Waals surface area contributed by atoms with Gasteiger partial charge in [-0.1, -0.05) is 102 Å². The van der Waals surface area contributed by atoms with Gasteiger partial charge in [0.25, 0.3) is 10.1 Å². The largest absolute Gasteiger partial charge is 0.313 e. The maximum absolute atomic E-state index is 10.5. The van der Waals surface area contributed by atoms with Crippen molar-refractivity contribution in [1.29, 1.82) is 0 Å². The van der Waals surface area contributed by atoms with Crippen LogP contribution in [0.4, 0.5) is 0 Å². The first kappa shape index (κ1) is 34.4. The maximum Gasteiger partial charge on any atom is 0.294 e. The molecule has 0 amide bonds. The molecule has 1 heterocycles. The molecule has 1 aliphatic heterocycles. The van der Waals surface area contributed by atoms with E-state index < -0.39 is 10.1 Å². The van der Waals surface area contributed by atoms with E-state index in [2.05, 4.69) is 39.4 Å². The summed E-state index contributed by atoms with van der Waals surface area (Å²) in [4.78, 5) is -0.0666. The monoisotopic (exact) mass is 646 g/mol. The molecule has 1 aliphatic rings. The van der Waals surface area contributed by atoms with Gasteiger partial charge in [0.05, 0.1) is 24.5 Å². The smallest absolute Gasteiger partial charge is 0.294 e. The fraction of sp³-hybridized carbons (Fsp3) is 0.742. The summed E-state index contributed by atoms with van der Waals surface area (Å²) in [6, 6.07) is 5.99. The molecule has 0 radical (unpaired) electrons. The van der Waals surface area contributed by atoms with E-state index in [1.165, 1.54) is 145 Å².